The number of thioether (sulfide) groups is 1. The van der Waals surface area contributed by atoms with Crippen molar-refractivity contribution in [3.8, 4) is 11.5 Å². The predicted molar refractivity (Wildman–Crippen MR) is 87.7 cm³/mol. The van der Waals surface area contributed by atoms with Gasteiger partial charge in [-0.05, 0) is 32.0 Å². The number of pyridine rings is 1. The highest BCUT2D eigenvalue weighted by Gasteiger charge is 2.28. The summed E-state index contributed by atoms with van der Waals surface area (Å²) in [6.07, 6.45) is 1.61. The first-order valence-electron chi connectivity index (χ1n) is 7.03. The van der Waals surface area contributed by atoms with E-state index in [-0.39, 0.29) is 16.9 Å². The fourth-order valence-electron chi connectivity index (χ4n) is 2.20. The number of fused-ring (bicyclic) bond motifs is 1. The molecule has 0 atom stereocenters. The van der Waals surface area contributed by atoms with Gasteiger partial charge in [0.2, 0.25) is 5.91 Å². The number of rotatable bonds is 3. The van der Waals surface area contributed by atoms with Gasteiger partial charge in [0.1, 0.15) is 11.6 Å². The topological polar surface area (TPSA) is 77.2 Å². The summed E-state index contributed by atoms with van der Waals surface area (Å²) in [4.78, 5) is 16.2. The van der Waals surface area contributed by atoms with E-state index in [0.717, 1.165) is 22.5 Å². The van der Waals surface area contributed by atoms with E-state index in [1.54, 1.807) is 24.0 Å². The number of nitrogens with one attached hydrogen (secondary N) is 1. The summed E-state index contributed by atoms with van der Waals surface area (Å²) in [5.74, 6) is 0.797. The predicted octanol–water partition coefficient (Wildman–Crippen LogP) is 3.41. The minimum Gasteiger partial charge on any atom is -0.453 e. The molecule has 2 heterocycles. The third-order valence-electron chi connectivity index (χ3n) is 3.34. The Morgan fingerprint density at radius 3 is 2.87 bits per heavy atom. The molecular weight excluding hydrogens is 317 g/mol. The first-order chi connectivity index (χ1) is 10.9. The molecule has 2 aromatic rings. The van der Waals surface area contributed by atoms with Crippen molar-refractivity contribution in [2.24, 2.45) is 5.73 Å². The Hall–Kier alpha value is -2.28. The third-order valence-corrected chi connectivity index (χ3v) is 4.89. The molecule has 1 aromatic carbocycles. The van der Waals surface area contributed by atoms with E-state index in [9.17, 15) is 9.18 Å². The fourth-order valence-corrected chi connectivity index (χ4v) is 3.27. The van der Waals surface area contributed by atoms with E-state index in [2.05, 4.69) is 24.1 Å². The second kappa shape index (κ2) is 5.73. The molecule has 0 bridgehead atoms. The van der Waals surface area contributed by atoms with Gasteiger partial charge < -0.3 is 15.8 Å². The summed E-state index contributed by atoms with van der Waals surface area (Å²) in [6.45, 7) is 4.17. The molecule has 1 amide bonds. The second-order valence-corrected chi connectivity index (χ2v) is 6.88. The van der Waals surface area contributed by atoms with Crippen molar-refractivity contribution in [2.45, 2.75) is 24.3 Å². The summed E-state index contributed by atoms with van der Waals surface area (Å²) >= 11 is 1.61. The Morgan fingerprint density at radius 2 is 2.17 bits per heavy atom. The summed E-state index contributed by atoms with van der Waals surface area (Å²) in [5.41, 5.74) is 5.17. The van der Waals surface area contributed by atoms with Crippen molar-refractivity contribution in [3.05, 3.63) is 41.8 Å². The SMILES string of the molecule is CC1(C)CSc2c(Oc3ccc(C(N)=O)cc3F)ccnc2N1. The number of hydrogen-bond acceptors (Lipinski definition) is 5. The van der Waals surface area contributed by atoms with Crippen LogP contribution in [0.4, 0.5) is 10.2 Å². The summed E-state index contributed by atoms with van der Waals surface area (Å²) in [7, 11) is 0. The maximum Gasteiger partial charge on any atom is 0.248 e. The van der Waals surface area contributed by atoms with Crippen LogP contribution in [0.1, 0.15) is 24.2 Å². The lowest BCUT2D eigenvalue weighted by molar-refractivity contribution is 0.1000. The van der Waals surface area contributed by atoms with Crippen LogP contribution in [-0.4, -0.2) is 22.2 Å². The summed E-state index contributed by atoms with van der Waals surface area (Å²) < 4.78 is 19.8. The Balaban J connectivity index is 1.91. The van der Waals surface area contributed by atoms with Gasteiger partial charge in [-0.1, -0.05) is 0 Å². The van der Waals surface area contributed by atoms with Gasteiger partial charge in [0.05, 0.1) is 4.90 Å². The quantitative estimate of drug-likeness (QED) is 0.900. The first-order valence-corrected chi connectivity index (χ1v) is 8.01. The lowest BCUT2D eigenvalue weighted by Crippen LogP contribution is -2.36. The number of ether oxygens (including phenoxy) is 1. The fraction of sp³-hybridized carbons (Fsp3) is 0.250. The Morgan fingerprint density at radius 1 is 1.39 bits per heavy atom. The molecule has 23 heavy (non-hydrogen) atoms. The van der Waals surface area contributed by atoms with Crippen molar-refractivity contribution in [1.82, 2.24) is 4.98 Å². The molecular formula is C16H16FN3O2S. The van der Waals surface area contributed by atoms with Gasteiger partial charge in [-0.25, -0.2) is 9.37 Å². The number of carbonyl (C=O) groups is 1. The minimum absolute atomic E-state index is 0.0360. The van der Waals surface area contributed by atoms with Crippen LogP contribution in [0.15, 0.2) is 35.4 Å². The smallest absolute Gasteiger partial charge is 0.248 e. The highest BCUT2D eigenvalue weighted by Crippen LogP contribution is 2.43. The molecule has 1 aliphatic heterocycles. The van der Waals surface area contributed by atoms with Crippen LogP contribution < -0.4 is 15.8 Å². The van der Waals surface area contributed by atoms with Gasteiger partial charge in [-0.3, -0.25) is 4.79 Å². The number of hydrogen-bond donors (Lipinski definition) is 2. The molecule has 0 saturated heterocycles. The second-order valence-electron chi connectivity index (χ2n) is 5.90. The van der Waals surface area contributed by atoms with Crippen molar-refractivity contribution in [2.75, 3.05) is 11.1 Å². The van der Waals surface area contributed by atoms with E-state index >= 15 is 0 Å². The van der Waals surface area contributed by atoms with Crippen LogP contribution in [0, 0.1) is 5.82 Å². The van der Waals surface area contributed by atoms with Crippen molar-refractivity contribution >= 4 is 23.5 Å². The van der Waals surface area contributed by atoms with Crippen LogP contribution in [-0.2, 0) is 0 Å². The zero-order valence-corrected chi connectivity index (χ0v) is 13.5. The molecule has 1 aromatic heterocycles. The Labute approximate surface area is 137 Å². The molecule has 3 rings (SSSR count). The van der Waals surface area contributed by atoms with Crippen molar-refractivity contribution in [3.63, 3.8) is 0 Å². The van der Waals surface area contributed by atoms with Gasteiger partial charge in [0.25, 0.3) is 0 Å². The van der Waals surface area contributed by atoms with Gasteiger partial charge in [-0.15, -0.1) is 11.8 Å². The zero-order valence-electron chi connectivity index (χ0n) is 12.7. The number of amides is 1. The van der Waals surface area contributed by atoms with E-state index < -0.39 is 11.7 Å². The number of nitrogens with zero attached hydrogens (tertiary/aromatic N) is 1. The molecule has 7 heteroatoms. The van der Waals surface area contributed by atoms with E-state index in [4.69, 9.17) is 10.5 Å². The van der Waals surface area contributed by atoms with Crippen molar-refractivity contribution < 1.29 is 13.9 Å². The summed E-state index contributed by atoms with van der Waals surface area (Å²) in [6, 6.07) is 5.59. The zero-order chi connectivity index (χ0) is 16.6. The molecule has 3 N–H and O–H groups in total. The molecule has 0 radical (unpaired) electrons. The number of carbonyl (C=O) groups excluding carboxylic acids is 1. The number of halogens is 1. The Kier molecular flexibility index (Phi) is 3.89. The number of anilines is 1. The van der Waals surface area contributed by atoms with Gasteiger partial charge in [0.15, 0.2) is 11.6 Å². The van der Waals surface area contributed by atoms with Crippen LogP contribution >= 0.6 is 11.8 Å². The monoisotopic (exact) mass is 333 g/mol. The largest absolute Gasteiger partial charge is 0.453 e. The molecule has 0 saturated carbocycles. The number of nitrogens with two attached hydrogens (primary N) is 1. The maximum absolute atomic E-state index is 14.1. The maximum atomic E-state index is 14.1. The lowest BCUT2D eigenvalue weighted by atomic mass is 10.1. The van der Waals surface area contributed by atoms with Crippen molar-refractivity contribution in [1.29, 1.82) is 0 Å². The lowest BCUT2D eigenvalue weighted by Gasteiger charge is -2.32. The van der Waals surface area contributed by atoms with Gasteiger partial charge in [-0.2, -0.15) is 0 Å². The number of primary amides is 1. The number of benzene rings is 1. The average molecular weight is 333 g/mol. The van der Waals surface area contributed by atoms with E-state index in [1.807, 2.05) is 0 Å². The normalized spacial score (nSPS) is 15.4. The van der Waals surface area contributed by atoms with Gasteiger partial charge in [0, 0.05) is 29.1 Å². The molecule has 0 fully saturated rings. The molecule has 0 unspecified atom stereocenters. The molecule has 5 nitrogen and oxygen atoms in total. The third kappa shape index (κ3) is 3.24. The minimum atomic E-state index is -0.682. The van der Waals surface area contributed by atoms with E-state index in [0.29, 0.717) is 5.75 Å². The highest BCUT2D eigenvalue weighted by molar-refractivity contribution is 7.99. The average Bonchev–Trinajstić information content (AvgIpc) is 2.48. The molecule has 1 aliphatic rings. The summed E-state index contributed by atoms with van der Waals surface area (Å²) in [5, 5.41) is 3.33. The Bertz CT molecular complexity index is 780. The van der Waals surface area contributed by atoms with Crippen LogP contribution in [0.5, 0.6) is 11.5 Å². The van der Waals surface area contributed by atoms with Crippen LogP contribution in [0.2, 0.25) is 0 Å². The van der Waals surface area contributed by atoms with E-state index in [1.165, 1.54) is 12.1 Å². The first kappa shape index (κ1) is 15.6. The van der Waals surface area contributed by atoms with Gasteiger partial charge >= 0.3 is 0 Å². The molecule has 0 aliphatic carbocycles. The molecule has 0 spiro atoms. The number of aromatic nitrogens is 1. The molecule has 120 valence electrons. The standard InChI is InChI=1S/C16H16FN3O2S/c1-16(2)8-23-13-12(5-6-19-15(13)20-16)22-11-4-3-9(14(18)21)7-10(11)17/h3-7H,8H2,1-2H3,(H2,18,21)(H,19,20). The highest BCUT2D eigenvalue weighted by atomic mass is 32.2. The van der Waals surface area contributed by atoms with Crippen LogP contribution in [0.3, 0.4) is 0 Å². The van der Waals surface area contributed by atoms with Crippen LogP contribution in [0.25, 0.3) is 0 Å².